The number of nitrogens with zero attached hydrogens (tertiary/aromatic N) is 2. The molecule has 1 aromatic carbocycles. The van der Waals surface area contributed by atoms with Gasteiger partial charge < -0.3 is 30.2 Å². The standard InChI is InChI=1S/C19H30N4O4.HI/c1-4-26-17-12-14(6-7-16(17)25-3)13-21-18(20)22-15-8-10-23(11-9-15)19(24)27-5-2;/h6-7,12,15H,4-5,8-11,13H2,1-3H3,(H3,20,21,22);1H. The fourth-order valence-corrected chi connectivity index (χ4v) is 2.94. The molecule has 1 aliphatic heterocycles. The van der Waals surface area contributed by atoms with E-state index >= 15 is 0 Å². The van der Waals surface area contributed by atoms with Crippen molar-refractivity contribution >= 4 is 36.0 Å². The number of halogens is 1. The van der Waals surface area contributed by atoms with Gasteiger partial charge in [0.2, 0.25) is 0 Å². The van der Waals surface area contributed by atoms with Crippen LogP contribution < -0.4 is 20.5 Å². The topological polar surface area (TPSA) is 98.4 Å². The molecule has 1 aromatic rings. The predicted octanol–water partition coefficient (Wildman–Crippen LogP) is 2.74. The van der Waals surface area contributed by atoms with E-state index in [1.54, 1.807) is 12.0 Å². The van der Waals surface area contributed by atoms with Crippen LogP contribution in [-0.4, -0.2) is 56.4 Å². The summed E-state index contributed by atoms with van der Waals surface area (Å²) in [6, 6.07) is 5.92. The van der Waals surface area contributed by atoms with Crippen molar-refractivity contribution in [3.8, 4) is 11.5 Å². The van der Waals surface area contributed by atoms with Gasteiger partial charge in [-0.15, -0.1) is 24.0 Å². The lowest BCUT2D eigenvalue weighted by molar-refractivity contribution is 0.0963. The number of aliphatic imine (C=N–C) groups is 1. The third-order valence-corrected chi connectivity index (χ3v) is 4.33. The quantitative estimate of drug-likeness (QED) is 0.335. The third kappa shape index (κ3) is 7.25. The van der Waals surface area contributed by atoms with Crippen molar-refractivity contribution < 1.29 is 19.0 Å². The van der Waals surface area contributed by atoms with Crippen molar-refractivity contribution in [2.24, 2.45) is 10.7 Å². The van der Waals surface area contributed by atoms with E-state index in [2.05, 4.69) is 10.3 Å². The molecule has 0 aromatic heterocycles. The second-order valence-electron chi connectivity index (χ2n) is 6.22. The van der Waals surface area contributed by atoms with E-state index in [0.717, 1.165) is 18.4 Å². The highest BCUT2D eigenvalue weighted by atomic mass is 127. The van der Waals surface area contributed by atoms with Crippen LogP contribution in [0, 0.1) is 0 Å². The van der Waals surface area contributed by atoms with Gasteiger partial charge in [0.05, 0.1) is 26.9 Å². The van der Waals surface area contributed by atoms with E-state index in [1.807, 2.05) is 32.0 Å². The number of ether oxygens (including phenoxy) is 3. The fraction of sp³-hybridized carbons (Fsp3) is 0.579. The molecule has 9 heteroatoms. The van der Waals surface area contributed by atoms with E-state index in [-0.39, 0.29) is 36.1 Å². The molecule has 0 spiro atoms. The minimum atomic E-state index is -0.248. The second kappa shape index (κ2) is 12.5. The zero-order valence-corrected chi connectivity index (χ0v) is 19.1. The zero-order valence-electron chi connectivity index (χ0n) is 16.8. The number of carbonyl (C=O) groups is 1. The van der Waals surface area contributed by atoms with Crippen molar-refractivity contribution in [2.75, 3.05) is 33.4 Å². The first kappa shape index (κ1) is 24.1. The van der Waals surface area contributed by atoms with Crippen molar-refractivity contribution in [1.82, 2.24) is 10.2 Å². The molecule has 8 nitrogen and oxygen atoms in total. The summed E-state index contributed by atoms with van der Waals surface area (Å²) in [6.45, 7) is 6.46. The van der Waals surface area contributed by atoms with Crippen LogP contribution in [0.3, 0.4) is 0 Å². The number of nitrogens with two attached hydrogens (primary N) is 1. The summed E-state index contributed by atoms with van der Waals surface area (Å²) in [7, 11) is 1.62. The summed E-state index contributed by atoms with van der Waals surface area (Å²) in [5, 5.41) is 3.24. The number of guanidine groups is 1. The molecule has 0 unspecified atom stereocenters. The molecule has 0 atom stereocenters. The van der Waals surface area contributed by atoms with Crippen LogP contribution in [0.4, 0.5) is 4.79 Å². The highest BCUT2D eigenvalue weighted by Gasteiger charge is 2.23. The van der Waals surface area contributed by atoms with Crippen LogP contribution in [0.5, 0.6) is 11.5 Å². The van der Waals surface area contributed by atoms with Gasteiger partial charge in [-0.2, -0.15) is 0 Å². The minimum Gasteiger partial charge on any atom is -0.493 e. The molecule has 1 heterocycles. The first-order valence-electron chi connectivity index (χ1n) is 9.35. The first-order valence-corrected chi connectivity index (χ1v) is 9.35. The number of methoxy groups -OCH3 is 1. The highest BCUT2D eigenvalue weighted by molar-refractivity contribution is 14.0. The van der Waals surface area contributed by atoms with Crippen LogP contribution in [0.15, 0.2) is 23.2 Å². The van der Waals surface area contributed by atoms with Gasteiger partial charge >= 0.3 is 6.09 Å². The summed E-state index contributed by atoms with van der Waals surface area (Å²) < 4.78 is 15.9. The van der Waals surface area contributed by atoms with E-state index in [1.165, 1.54) is 0 Å². The Bertz CT molecular complexity index is 649. The predicted molar refractivity (Wildman–Crippen MR) is 120 cm³/mol. The Morgan fingerprint density at radius 2 is 1.96 bits per heavy atom. The van der Waals surface area contributed by atoms with Gasteiger partial charge in [0, 0.05) is 19.1 Å². The Hall–Kier alpha value is -1.91. The maximum atomic E-state index is 11.7. The Balaban J connectivity index is 0.00000392. The molecule has 0 radical (unpaired) electrons. The van der Waals surface area contributed by atoms with Crippen LogP contribution in [0.1, 0.15) is 32.3 Å². The SMILES string of the molecule is CCOC(=O)N1CCC(NC(N)=NCc2ccc(OC)c(OCC)c2)CC1.I. The summed E-state index contributed by atoms with van der Waals surface area (Å²) in [5.74, 6) is 1.80. The molecule has 0 aliphatic carbocycles. The van der Waals surface area contributed by atoms with E-state index in [4.69, 9.17) is 19.9 Å². The Kier molecular flexibility index (Phi) is 10.8. The van der Waals surface area contributed by atoms with Gasteiger partial charge in [0.15, 0.2) is 17.5 Å². The van der Waals surface area contributed by atoms with Crippen LogP contribution in [-0.2, 0) is 11.3 Å². The number of amides is 1. The number of benzene rings is 1. The first-order chi connectivity index (χ1) is 13.1. The molecule has 0 bridgehead atoms. The van der Waals surface area contributed by atoms with Crippen LogP contribution in [0.25, 0.3) is 0 Å². The van der Waals surface area contributed by atoms with Crippen LogP contribution >= 0.6 is 24.0 Å². The van der Waals surface area contributed by atoms with E-state index < -0.39 is 0 Å². The number of carbonyl (C=O) groups excluding carboxylic acids is 1. The third-order valence-electron chi connectivity index (χ3n) is 4.33. The number of likely N-dealkylation sites (tertiary alicyclic amines) is 1. The molecule has 3 N–H and O–H groups in total. The summed E-state index contributed by atoms with van der Waals surface area (Å²) in [6.07, 6.45) is 1.38. The Morgan fingerprint density at radius 3 is 2.57 bits per heavy atom. The van der Waals surface area contributed by atoms with Gasteiger partial charge in [-0.1, -0.05) is 6.07 Å². The Labute approximate surface area is 183 Å². The maximum Gasteiger partial charge on any atom is 0.409 e. The van der Waals surface area contributed by atoms with Crippen LogP contribution in [0.2, 0.25) is 0 Å². The van der Waals surface area contributed by atoms with Crippen molar-refractivity contribution in [3.63, 3.8) is 0 Å². The van der Waals surface area contributed by atoms with Gasteiger partial charge in [-0.05, 0) is 44.4 Å². The molecule has 1 saturated heterocycles. The number of rotatable bonds is 7. The number of piperidine rings is 1. The number of hydrogen-bond acceptors (Lipinski definition) is 5. The molecule has 158 valence electrons. The average Bonchev–Trinajstić information content (AvgIpc) is 2.67. The molecule has 1 aliphatic rings. The molecular weight excluding hydrogens is 475 g/mol. The monoisotopic (exact) mass is 506 g/mol. The molecule has 1 fully saturated rings. The van der Waals surface area contributed by atoms with Gasteiger partial charge in [-0.25, -0.2) is 9.79 Å². The molecule has 28 heavy (non-hydrogen) atoms. The lowest BCUT2D eigenvalue weighted by atomic mass is 10.1. The Morgan fingerprint density at radius 1 is 1.25 bits per heavy atom. The van der Waals surface area contributed by atoms with E-state index in [9.17, 15) is 4.79 Å². The van der Waals surface area contributed by atoms with Crippen molar-refractivity contribution in [3.05, 3.63) is 23.8 Å². The summed E-state index contributed by atoms with van der Waals surface area (Å²) in [4.78, 5) is 17.9. The molecule has 1 amide bonds. The molecular formula is C19H31IN4O4. The lowest BCUT2D eigenvalue weighted by Gasteiger charge is -2.31. The van der Waals surface area contributed by atoms with Crippen molar-refractivity contribution in [1.29, 1.82) is 0 Å². The lowest BCUT2D eigenvalue weighted by Crippen LogP contribution is -2.48. The van der Waals surface area contributed by atoms with E-state index in [0.29, 0.717) is 50.3 Å². The highest BCUT2D eigenvalue weighted by Crippen LogP contribution is 2.28. The summed E-state index contributed by atoms with van der Waals surface area (Å²) >= 11 is 0. The fourth-order valence-electron chi connectivity index (χ4n) is 2.94. The molecule has 2 rings (SSSR count). The normalized spacial score (nSPS) is 14.8. The molecule has 0 saturated carbocycles. The maximum absolute atomic E-state index is 11.7. The van der Waals surface area contributed by atoms with Crippen molar-refractivity contribution in [2.45, 2.75) is 39.3 Å². The smallest absolute Gasteiger partial charge is 0.409 e. The van der Waals surface area contributed by atoms with Gasteiger partial charge in [-0.3, -0.25) is 0 Å². The second-order valence-corrected chi connectivity index (χ2v) is 6.22. The van der Waals surface area contributed by atoms with Gasteiger partial charge in [0.1, 0.15) is 0 Å². The minimum absolute atomic E-state index is 0. The number of hydrogen-bond donors (Lipinski definition) is 2. The summed E-state index contributed by atoms with van der Waals surface area (Å²) in [5.41, 5.74) is 7.01. The van der Waals surface area contributed by atoms with Gasteiger partial charge in [0.25, 0.3) is 0 Å². The largest absolute Gasteiger partial charge is 0.493 e. The number of nitrogens with one attached hydrogen (secondary N) is 1. The zero-order chi connectivity index (χ0) is 19.6. The average molecular weight is 506 g/mol.